The lowest BCUT2D eigenvalue weighted by Gasteiger charge is -1.90. The third-order valence-corrected chi connectivity index (χ3v) is 1.39. The van der Waals surface area contributed by atoms with E-state index in [4.69, 9.17) is 16.3 Å². The first-order valence-corrected chi connectivity index (χ1v) is 2.68. The van der Waals surface area contributed by atoms with Crippen LogP contribution in [-0.4, -0.2) is 11.5 Å². The second-order valence-electron chi connectivity index (χ2n) is 1.59. The molecule has 0 aromatic carbocycles. The Kier molecular flexibility index (Phi) is 1.24. The normalized spacial score (nSPS) is 37.3. The van der Waals surface area contributed by atoms with Crippen molar-refractivity contribution in [2.45, 2.75) is 17.9 Å². The molecule has 0 saturated heterocycles. The minimum Gasteiger partial charge on any atom is -0.497 e. The van der Waals surface area contributed by atoms with E-state index in [1.807, 2.05) is 0 Å². The predicted octanol–water partition coefficient (Wildman–Crippen LogP) is 1.53. The van der Waals surface area contributed by atoms with Gasteiger partial charge in [0.2, 0.25) is 0 Å². The molecule has 1 aliphatic rings. The molecule has 0 aromatic rings. The van der Waals surface area contributed by atoms with Gasteiger partial charge in [-0.05, 0) is 0 Å². The van der Waals surface area contributed by atoms with Crippen molar-refractivity contribution in [2.75, 3.05) is 0 Å². The Morgan fingerprint density at radius 2 is 2.43 bits per heavy atom. The molecule has 0 N–H and O–H groups in total. The van der Waals surface area contributed by atoms with Crippen LogP contribution in [0.1, 0.15) is 6.42 Å². The summed E-state index contributed by atoms with van der Waals surface area (Å²) in [5.41, 5.74) is 0. The van der Waals surface area contributed by atoms with E-state index in [0.29, 0.717) is 0 Å². The molecule has 0 aliphatic heterocycles. The van der Waals surface area contributed by atoms with Gasteiger partial charge in [0.1, 0.15) is 6.10 Å². The fraction of sp³-hybridized carbons (Fsp3) is 0.600. The highest BCUT2D eigenvalue weighted by Crippen LogP contribution is 2.30. The highest BCUT2D eigenvalue weighted by atomic mass is 35.5. The van der Waals surface area contributed by atoms with E-state index in [9.17, 15) is 0 Å². The van der Waals surface area contributed by atoms with Crippen LogP contribution in [0.4, 0.5) is 0 Å². The van der Waals surface area contributed by atoms with Gasteiger partial charge < -0.3 is 4.74 Å². The Morgan fingerprint density at radius 1 is 1.86 bits per heavy atom. The summed E-state index contributed by atoms with van der Waals surface area (Å²) in [6.07, 6.45) is 2.68. The maximum Gasteiger partial charge on any atom is 0.116 e. The van der Waals surface area contributed by atoms with Crippen LogP contribution in [0.3, 0.4) is 0 Å². The largest absolute Gasteiger partial charge is 0.497 e. The summed E-state index contributed by atoms with van der Waals surface area (Å²) in [5.74, 6) is 0. The number of rotatable bonds is 2. The van der Waals surface area contributed by atoms with Gasteiger partial charge in [-0.3, -0.25) is 0 Å². The minimum absolute atomic E-state index is 0.248. The molecule has 0 bridgehead atoms. The third kappa shape index (κ3) is 1.10. The molecule has 0 radical (unpaired) electrons. The average molecular weight is 119 g/mol. The fourth-order valence-corrected chi connectivity index (χ4v) is 0.643. The van der Waals surface area contributed by atoms with Crippen molar-refractivity contribution in [3.05, 3.63) is 12.8 Å². The van der Waals surface area contributed by atoms with Crippen LogP contribution in [0, 0.1) is 0 Å². The monoisotopic (exact) mass is 118 g/mol. The summed E-state index contributed by atoms with van der Waals surface area (Å²) in [4.78, 5) is 0. The summed E-state index contributed by atoms with van der Waals surface area (Å²) in [7, 11) is 0. The van der Waals surface area contributed by atoms with Gasteiger partial charge >= 0.3 is 0 Å². The van der Waals surface area contributed by atoms with Crippen LogP contribution in [0.5, 0.6) is 0 Å². The second-order valence-corrected chi connectivity index (χ2v) is 2.15. The molecule has 0 heterocycles. The molecule has 2 heteroatoms. The standard InChI is InChI=1S/C5H7ClO/c1-2-7-5-3-4(5)6/h2,4-5H,1,3H2/t4-,5-/m1/s1. The van der Waals surface area contributed by atoms with Crippen LogP contribution < -0.4 is 0 Å². The van der Waals surface area contributed by atoms with Crippen molar-refractivity contribution < 1.29 is 4.74 Å². The molecule has 0 spiro atoms. The lowest BCUT2D eigenvalue weighted by molar-refractivity contribution is 0.236. The first kappa shape index (κ1) is 4.98. The molecule has 1 fully saturated rings. The quantitative estimate of drug-likeness (QED) is 0.395. The molecule has 40 valence electrons. The predicted molar refractivity (Wildman–Crippen MR) is 29.3 cm³/mol. The minimum atomic E-state index is 0.248. The van der Waals surface area contributed by atoms with E-state index in [1.165, 1.54) is 6.26 Å². The molecule has 7 heavy (non-hydrogen) atoms. The molecular weight excluding hydrogens is 112 g/mol. The van der Waals surface area contributed by atoms with E-state index < -0.39 is 0 Å². The van der Waals surface area contributed by atoms with Crippen LogP contribution in [-0.2, 0) is 4.74 Å². The van der Waals surface area contributed by atoms with Gasteiger partial charge in [-0.2, -0.15) is 0 Å². The van der Waals surface area contributed by atoms with Gasteiger partial charge in [0, 0.05) is 6.42 Å². The summed E-state index contributed by atoms with van der Waals surface area (Å²) in [5, 5.41) is 0.248. The maximum atomic E-state index is 5.56. The number of hydrogen-bond acceptors (Lipinski definition) is 1. The van der Waals surface area contributed by atoms with Crippen LogP contribution in [0.15, 0.2) is 12.8 Å². The van der Waals surface area contributed by atoms with Crippen molar-refractivity contribution in [3.63, 3.8) is 0 Å². The van der Waals surface area contributed by atoms with Crippen molar-refractivity contribution in [2.24, 2.45) is 0 Å². The maximum absolute atomic E-state index is 5.56. The van der Waals surface area contributed by atoms with Gasteiger partial charge in [0.05, 0.1) is 11.6 Å². The van der Waals surface area contributed by atoms with Crippen LogP contribution in [0.25, 0.3) is 0 Å². The number of ether oxygens (including phenoxy) is 1. The first-order chi connectivity index (χ1) is 3.34. The van der Waals surface area contributed by atoms with E-state index in [2.05, 4.69) is 6.58 Å². The highest BCUT2D eigenvalue weighted by molar-refractivity contribution is 6.23. The lowest BCUT2D eigenvalue weighted by Crippen LogP contribution is -1.85. The average Bonchev–Trinajstić information content (AvgIpc) is 2.22. The van der Waals surface area contributed by atoms with Crippen molar-refractivity contribution >= 4 is 11.6 Å². The number of hydrogen-bond donors (Lipinski definition) is 0. The molecular formula is C5H7ClO. The Balaban J connectivity index is 2.08. The molecule has 1 rings (SSSR count). The van der Waals surface area contributed by atoms with Gasteiger partial charge in [0.25, 0.3) is 0 Å². The molecule has 0 unspecified atom stereocenters. The number of alkyl halides is 1. The lowest BCUT2D eigenvalue weighted by atomic mass is 10.8. The van der Waals surface area contributed by atoms with E-state index in [-0.39, 0.29) is 11.5 Å². The van der Waals surface area contributed by atoms with Gasteiger partial charge in [-0.25, -0.2) is 0 Å². The second kappa shape index (κ2) is 1.74. The zero-order valence-electron chi connectivity index (χ0n) is 3.93. The Labute approximate surface area is 47.9 Å². The van der Waals surface area contributed by atoms with E-state index >= 15 is 0 Å². The van der Waals surface area contributed by atoms with Gasteiger partial charge in [0.15, 0.2) is 0 Å². The molecule has 1 aliphatic carbocycles. The topological polar surface area (TPSA) is 9.23 Å². The van der Waals surface area contributed by atoms with Crippen LogP contribution >= 0.6 is 11.6 Å². The zero-order valence-corrected chi connectivity index (χ0v) is 4.69. The molecule has 0 aromatic heterocycles. The summed E-state index contributed by atoms with van der Waals surface area (Å²) >= 11 is 5.56. The molecule has 0 amide bonds. The molecule has 1 nitrogen and oxygen atoms in total. The fourth-order valence-electron chi connectivity index (χ4n) is 0.408. The Morgan fingerprint density at radius 3 is 2.57 bits per heavy atom. The van der Waals surface area contributed by atoms with Crippen LogP contribution in [0.2, 0.25) is 0 Å². The Bertz CT molecular complexity index is 82.1. The van der Waals surface area contributed by atoms with Crippen molar-refractivity contribution in [1.29, 1.82) is 0 Å². The highest BCUT2D eigenvalue weighted by Gasteiger charge is 2.36. The van der Waals surface area contributed by atoms with Crippen molar-refractivity contribution in [3.8, 4) is 0 Å². The van der Waals surface area contributed by atoms with Gasteiger partial charge in [-0.1, -0.05) is 6.58 Å². The van der Waals surface area contributed by atoms with Crippen molar-refractivity contribution in [1.82, 2.24) is 0 Å². The summed E-state index contributed by atoms with van der Waals surface area (Å²) < 4.78 is 4.90. The first-order valence-electron chi connectivity index (χ1n) is 2.25. The van der Waals surface area contributed by atoms with Gasteiger partial charge in [-0.15, -0.1) is 11.6 Å². The van der Waals surface area contributed by atoms with E-state index in [1.54, 1.807) is 0 Å². The molecule has 2 atom stereocenters. The Hall–Kier alpha value is -0.170. The zero-order chi connectivity index (χ0) is 5.28. The smallest absolute Gasteiger partial charge is 0.116 e. The SMILES string of the molecule is C=CO[C@@H]1C[C@H]1Cl. The molecule has 1 saturated carbocycles. The third-order valence-electron chi connectivity index (χ3n) is 0.929. The van der Waals surface area contributed by atoms with E-state index in [0.717, 1.165) is 6.42 Å². The summed E-state index contributed by atoms with van der Waals surface area (Å²) in [6, 6.07) is 0. The summed E-state index contributed by atoms with van der Waals surface area (Å²) in [6.45, 7) is 3.39. The number of halogens is 1.